The van der Waals surface area contributed by atoms with Gasteiger partial charge in [-0.05, 0) is 262 Å². The second kappa shape index (κ2) is 54.7. The summed E-state index contributed by atoms with van der Waals surface area (Å²) in [5, 5.41) is 6.06. The number of hydrogen-bond donors (Lipinski definition) is 1. The molecule has 127 heavy (non-hydrogen) atoms. The molecule has 13 rings (SSSR count). The number of nitrogens with one attached hydrogen (secondary N) is 1. The van der Waals surface area contributed by atoms with E-state index in [0.717, 1.165) is 142 Å². The van der Waals surface area contributed by atoms with Gasteiger partial charge in [-0.3, -0.25) is 38.9 Å². The van der Waals surface area contributed by atoms with E-state index < -0.39 is 30.1 Å². The van der Waals surface area contributed by atoms with Gasteiger partial charge in [0.25, 0.3) is 0 Å². The Bertz CT molecular complexity index is 5920. The number of nitrogens with zero attached hydrogens (tertiary/aromatic N) is 12. The summed E-state index contributed by atoms with van der Waals surface area (Å²) in [5.74, 6) is -0.248. The molecule has 0 unspecified atom stereocenters. The maximum Gasteiger partial charge on any atom is 0.211 e. The number of carbonyl (C=O) groups is 2. The van der Waals surface area contributed by atoms with Gasteiger partial charge < -0.3 is 46.2 Å². The number of sulfonamides is 3. The number of Topliss-reactive ketones (excluding diaryl/α,β-unsaturated/α-hetero) is 2. The van der Waals surface area contributed by atoms with Crippen LogP contribution in [0.1, 0.15) is 141 Å². The molecule has 691 valence electrons. The number of piperidine rings is 1. The zero-order valence-electron chi connectivity index (χ0n) is 73.1. The second-order valence-corrected chi connectivity index (χ2v) is 57.6. The molecule has 0 saturated carbocycles. The topological polar surface area (TPSA) is 233 Å². The number of hydrogen-bond acceptors (Lipinski definition) is 14. The fraction of sp³-hybridized carbons (Fsp3) is 0.396. The molecule has 8 aromatic heterocycles. The van der Waals surface area contributed by atoms with Crippen LogP contribution in [0.4, 0.5) is 0 Å². The summed E-state index contributed by atoms with van der Waals surface area (Å²) in [6.07, 6.45) is 17.1. The first kappa shape index (κ1) is 115. The number of pyridine rings is 4. The summed E-state index contributed by atoms with van der Waals surface area (Å²) in [6.45, 7) is 28.6. The van der Waals surface area contributed by atoms with Crippen molar-refractivity contribution in [2.45, 2.75) is 130 Å². The quantitative estimate of drug-likeness (QED) is 0.0158. The molecular formula is C91H113Cl5I6N13O8S3V-. The zero-order chi connectivity index (χ0) is 92.4. The Morgan fingerprint density at radius 2 is 0.780 bits per heavy atom. The molecule has 0 amide bonds. The van der Waals surface area contributed by atoms with Crippen molar-refractivity contribution in [3.05, 3.63) is 239 Å². The Morgan fingerprint density at radius 1 is 0.496 bits per heavy atom. The largest absolute Gasteiger partial charge is 0.317 e. The molecule has 0 spiro atoms. The van der Waals surface area contributed by atoms with E-state index >= 15 is 0 Å². The molecule has 1 fully saturated rings. The van der Waals surface area contributed by atoms with E-state index in [2.05, 4.69) is 220 Å². The molecule has 9 heterocycles. The molecule has 0 bridgehead atoms. The summed E-state index contributed by atoms with van der Waals surface area (Å²) < 4.78 is 87.1. The molecule has 4 aromatic carbocycles. The van der Waals surface area contributed by atoms with Crippen LogP contribution in [-0.2, 0) is 74.3 Å². The van der Waals surface area contributed by atoms with Crippen molar-refractivity contribution in [3.8, 4) is 22.7 Å². The van der Waals surface area contributed by atoms with E-state index in [1.807, 2.05) is 173 Å². The van der Waals surface area contributed by atoms with E-state index in [1.54, 1.807) is 24.5 Å². The van der Waals surface area contributed by atoms with Crippen molar-refractivity contribution in [2.24, 2.45) is 0 Å². The molecule has 0 aliphatic carbocycles. The van der Waals surface area contributed by atoms with Crippen molar-refractivity contribution < 1.29 is 53.4 Å². The van der Waals surface area contributed by atoms with Crippen molar-refractivity contribution in [1.82, 2.24) is 61.3 Å². The summed E-state index contributed by atoms with van der Waals surface area (Å²) >= 11 is 43.9. The van der Waals surface area contributed by atoms with Crippen LogP contribution < -0.4 is 5.32 Å². The molecule has 1 aliphatic rings. The number of alkyl halides is 6. The first-order valence-corrected chi connectivity index (χ1v) is 55.2. The number of ketones is 2. The van der Waals surface area contributed by atoms with Crippen LogP contribution in [0.3, 0.4) is 0 Å². The number of rotatable bonds is 28. The predicted molar refractivity (Wildman–Crippen MR) is 581 cm³/mol. The summed E-state index contributed by atoms with van der Waals surface area (Å²) in [6, 6.07) is 42.9. The van der Waals surface area contributed by atoms with Gasteiger partial charge in [0.05, 0.1) is 88.4 Å². The van der Waals surface area contributed by atoms with Gasteiger partial charge in [0.2, 0.25) is 30.1 Å². The van der Waals surface area contributed by atoms with Gasteiger partial charge in [0, 0.05) is 148 Å². The molecule has 0 atom stereocenters. The fourth-order valence-corrected chi connectivity index (χ4v) is 17.7. The molecule has 36 heteroatoms. The van der Waals surface area contributed by atoms with Gasteiger partial charge in [-0.15, -0.1) is 11.6 Å². The number of aromatic nitrogens is 8. The molecule has 1 N–H and O–H groups in total. The second-order valence-electron chi connectivity index (χ2n) is 29.6. The molecular weight excluding hydrogens is 2490 g/mol. The summed E-state index contributed by atoms with van der Waals surface area (Å²) in [4.78, 5) is 46.7. The predicted octanol–water partition coefficient (Wildman–Crippen LogP) is 24.1. The smallest absolute Gasteiger partial charge is 0.211 e. The van der Waals surface area contributed by atoms with E-state index in [0.29, 0.717) is 102 Å². The maximum atomic E-state index is 13.5. The first-order valence-electron chi connectivity index (χ1n) is 40.6. The van der Waals surface area contributed by atoms with Gasteiger partial charge in [-0.1, -0.05) is 201 Å². The third kappa shape index (κ3) is 35.0. The zero-order valence-corrected chi connectivity index (χ0v) is 93.6. The molecule has 21 nitrogen and oxygen atoms in total. The van der Waals surface area contributed by atoms with Crippen LogP contribution in [0.2, 0.25) is 20.1 Å². The number of benzene rings is 4. The van der Waals surface area contributed by atoms with Gasteiger partial charge in [0.1, 0.15) is -0.565 Å². The number of likely N-dealkylation sites (tertiary alicyclic amines) is 1. The number of halogens is 11. The number of carbonyl (C=O) groups excluding carboxylic acids is 2. The molecule has 1 aliphatic heterocycles. The monoisotopic (exact) mass is 2600 g/mol. The van der Waals surface area contributed by atoms with Crippen LogP contribution in [0.15, 0.2) is 158 Å². The van der Waals surface area contributed by atoms with Crippen molar-refractivity contribution in [1.29, 1.82) is 0 Å². The van der Waals surface area contributed by atoms with Gasteiger partial charge in [-0.25, -0.2) is 38.2 Å². The first-order chi connectivity index (χ1) is 59.0. The minimum absolute atomic E-state index is 0. The third-order valence-electron chi connectivity index (χ3n) is 20.1. The number of fused-ring (bicyclic) bond motifs is 4. The molecule has 12 aromatic rings. The van der Waals surface area contributed by atoms with Crippen molar-refractivity contribution in [3.63, 3.8) is 0 Å². The van der Waals surface area contributed by atoms with Crippen molar-refractivity contribution in [2.75, 3.05) is 96.6 Å². The van der Waals surface area contributed by atoms with E-state index in [1.165, 1.54) is 49.4 Å². The standard InChI is InChI=1S/C26H33ClN4O3S.C21H23Cl2N3O3S.C19H22ClN3O2S.C18H20ClN3.C2H3I3.C2H4I2.C2H4I.CH4.V/c1-4-30(35(3,33)34)15-12-20-16-23-26(28-17-20)25(24(32)18-29-13-6-5-7-14-29)19(2)31(23)22-10-8-21(27)9-11-22;1-4-25(30(3,28)29)10-9-15-11-18-21(24-13-15)20(19(27)12-22)14(2)26(18)17-7-5-16(23)6-8-17;1-4-22(26(3,24)25)10-9-15-12-19-18(21-13-15)11-14(2)23(19)17-7-5-16(20)6-8-17;1-3-20-9-8-14-11-18-17(21-12-14)10-13(2)22(18)16-6-4-15(19)5-7-16;1-2(3,4)5;1-2(3)4;1-2-3;;/h8-11,16-17H,4-7,12-15,18H2,1-3H3;5-8,11,13H,4,9-10,12H2,1-3H3;5-8,11-13H,4,9-10H2,1-3H3;4-7,10-12,20H,3,8-9H2,1-2H3;1H3;2H,1H3;2H,1H3;1H4;/q;;;;;;-1;;. The Hall–Kier alpha value is -2.96. The van der Waals surface area contributed by atoms with Gasteiger partial charge >= 0.3 is 0 Å². The van der Waals surface area contributed by atoms with Crippen LogP contribution in [0, 0.1) is 32.1 Å². The average Bonchev–Trinajstić information content (AvgIpc) is 1.60. The van der Waals surface area contributed by atoms with Gasteiger partial charge in [-0.2, -0.15) is 6.92 Å². The third-order valence-corrected chi connectivity index (χ3v) is 25.5. The van der Waals surface area contributed by atoms with E-state index in [-0.39, 0.29) is 43.4 Å². The summed E-state index contributed by atoms with van der Waals surface area (Å²) in [7, 11) is -9.71. The summed E-state index contributed by atoms with van der Waals surface area (Å²) in [5.41, 5.74) is 19.9. The minimum Gasteiger partial charge on any atom is -0.317 e. The van der Waals surface area contributed by atoms with Gasteiger partial charge in [0.15, 0.2) is 11.6 Å². The van der Waals surface area contributed by atoms with E-state index in [9.17, 15) is 34.8 Å². The van der Waals surface area contributed by atoms with Crippen LogP contribution >= 0.6 is 194 Å². The number of likely N-dealkylation sites (N-methyl/N-ethyl adjacent to an activating group) is 4. The Balaban J connectivity index is 0.000000289. The molecule has 1 saturated heterocycles. The Labute approximate surface area is 871 Å². The minimum atomic E-state index is -3.26. The fourth-order valence-electron chi connectivity index (χ4n) is 14.4. The maximum absolute atomic E-state index is 13.5. The Morgan fingerprint density at radius 3 is 1.07 bits per heavy atom. The van der Waals surface area contributed by atoms with Crippen LogP contribution in [-0.4, -0.2) is 191 Å². The normalized spacial score (nSPS) is 12.4. The average molecular weight is 2600 g/mol. The number of aryl methyl sites for hydroxylation is 2. The van der Waals surface area contributed by atoms with Crippen LogP contribution in [0.25, 0.3) is 66.9 Å². The van der Waals surface area contributed by atoms with Crippen molar-refractivity contribution >= 4 is 279 Å². The van der Waals surface area contributed by atoms with E-state index in [4.69, 9.17) is 63.0 Å². The van der Waals surface area contributed by atoms with Crippen LogP contribution in [0.5, 0.6) is 0 Å². The SMILES string of the molecule is C.CC(I)(I)I.CC(I)I.CCN(CCc1cnc2c(C(=O)CCl)c(C)n(-c3ccc(Cl)cc3)c2c1)S(C)(=O)=O.CCN(CCc1cnc2c(C(=O)CN3CCCCC3)c(C)n(-c3ccc(Cl)cc3)c2c1)S(C)(=O)=O.CCN(CCc1cnc2cc(C)n(-c3ccc(Cl)cc3)c2c1)S(C)(=O)=O.CCNCCc1cnc2cc(C)n(-c3ccc(Cl)cc3)c2c1.C[CH-]I.[V]. The molecule has 1 radical (unpaired) electrons. The Kier molecular flexibility index (Phi) is 49.3.